The normalized spacial score (nSPS) is 14.7. The Morgan fingerprint density at radius 2 is 1.10 bits per heavy atom. The number of pyridine rings is 1. The zero-order chi connectivity index (χ0) is 51.7. The SMILES string of the molecule is CC(C)(C)c1cc(-c2cc(-c3cc4c5c(cccc5c3)C(C)(C)C4(C)C)ccn2)cc(-c2cccc3c2nc(-c2cc(C(C)(C)C)cc(C(C)(C)C)c2O)n3-c2ccc(C(C)(C)C)cc2-c2ccccc2)c1. The van der Waals surface area contributed by atoms with E-state index in [0.717, 1.165) is 66.9 Å². The fraction of sp³-hybridized carbons (Fsp3) is 0.324. The van der Waals surface area contributed by atoms with Gasteiger partial charge in [0, 0.05) is 28.5 Å². The zero-order valence-electron chi connectivity index (χ0n) is 45.6. The molecule has 0 aliphatic heterocycles. The highest BCUT2D eigenvalue weighted by Gasteiger charge is 2.47. The van der Waals surface area contributed by atoms with Gasteiger partial charge in [0.1, 0.15) is 11.6 Å². The van der Waals surface area contributed by atoms with E-state index in [9.17, 15) is 5.11 Å². The molecule has 1 aliphatic rings. The Labute approximate surface area is 429 Å². The van der Waals surface area contributed by atoms with Crippen LogP contribution in [0, 0.1) is 0 Å². The van der Waals surface area contributed by atoms with Crippen molar-refractivity contribution in [2.45, 2.75) is 143 Å². The lowest BCUT2D eigenvalue weighted by molar-refractivity contribution is 0.322. The second-order valence-electron chi connectivity index (χ2n) is 25.9. The molecule has 4 nitrogen and oxygen atoms in total. The number of imidazole rings is 1. The Kier molecular flexibility index (Phi) is 11.3. The fourth-order valence-corrected chi connectivity index (χ4v) is 11.0. The first-order chi connectivity index (χ1) is 33.6. The van der Waals surface area contributed by atoms with E-state index in [1.165, 1.54) is 38.6 Å². The van der Waals surface area contributed by atoms with Gasteiger partial charge in [-0.25, -0.2) is 4.98 Å². The third kappa shape index (κ3) is 8.16. The average molecular weight is 948 g/mol. The van der Waals surface area contributed by atoms with Crippen molar-refractivity contribution in [3.8, 4) is 67.5 Å². The molecule has 1 aliphatic carbocycles. The summed E-state index contributed by atoms with van der Waals surface area (Å²) < 4.78 is 2.31. The summed E-state index contributed by atoms with van der Waals surface area (Å²) in [6, 6.07) is 51.5. The second kappa shape index (κ2) is 16.6. The maximum atomic E-state index is 12.7. The molecule has 0 spiro atoms. The lowest BCUT2D eigenvalue weighted by Crippen LogP contribution is -2.35. The third-order valence-corrected chi connectivity index (χ3v) is 16.3. The Morgan fingerprint density at radius 1 is 0.458 bits per heavy atom. The summed E-state index contributed by atoms with van der Waals surface area (Å²) in [4.78, 5) is 10.9. The van der Waals surface area contributed by atoms with Crippen LogP contribution < -0.4 is 0 Å². The molecule has 0 fully saturated rings. The minimum atomic E-state index is -0.330. The first-order valence-corrected chi connectivity index (χ1v) is 26.0. The van der Waals surface area contributed by atoms with Gasteiger partial charge < -0.3 is 5.11 Å². The fourth-order valence-electron chi connectivity index (χ4n) is 11.0. The molecule has 0 radical (unpaired) electrons. The molecule has 0 amide bonds. The number of phenols is 1. The van der Waals surface area contributed by atoms with Crippen LogP contribution in [0.5, 0.6) is 5.75 Å². The van der Waals surface area contributed by atoms with E-state index in [4.69, 9.17) is 9.97 Å². The van der Waals surface area contributed by atoms with Crippen LogP contribution in [-0.2, 0) is 32.5 Å². The van der Waals surface area contributed by atoms with E-state index in [1.54, 1.807) is 0 Å². The summed E-state index contributed by atoms with van der Waals surface area (Å²) in [6.45, 7) is 36.5. The van der Waals surface area contributed by atoms with Gasteiger partial charge in [-0.2, -0.15) is 0 Å². The number of para-hydroxylation sites is 1. The van der Waals surface area contributed by atoms with Crippen molar-refractivity contribution in [2.75, 3.05) is 0 Å². The molecule has 0 atom stereocenters. The minimum Gasteiger partial charge on any atom is -0.507 e. The van der Waals surface area contributed by atoms with E-state index in [0.29, 0.717) is 11.4 Å². The quantitative estimate of drug-likeness (QED) is 0.181. The van der Waals surface area contributed by atoms with E-state index in [2.05, 4.69) is 255 Å². The van der Waals surface area contributed by atoms with Gasteiger partial charge in [-0.1, -0.05) is 190 Å². The highest BCUT2D eigenvalue weighted by atomic mass is 16.3. The number of rotatable bonds is 6. The summed E-state index contributed by atoms with van der Waals surface area (Å²) in [5, 5.41) is 15.3. The van der Waals surface area contributed by atoms with Gasteiger partial charge in [0.2, 0.25) is 0 Å². The number of aromatic nitrogens is 3. The first-order valence-electron chi connectivity index (χ1n) is 26.0. The molecule has 9 aromatic rings. The van der Waals surface area contributed by atoms with Crippen LogP contribution >= 0.6 is 0 Å². The van der Waals surface area contributed by atoms with Crippen LogP contribution in [0.25, 0.3) is 83.5 Å². The van der Waals surface area contributed by atoms with Crippen molar-refractivity contribution in [1.82, 2.24) is 14.5 Å². The van der Waals surface area contributed by atoms with Crippen LogP contribution in [0.1, 0.15) is 144 Å². The molecule has 7 aromatic carbocycles. The van der Waals surface area contributed by atoms with E-state index in [-0.39, 0.29) is 38.2 Å². The maximum absolute atomic E-state index is 12.7. The van der Waals surface area contributed by atoms with Crippen molar-refractivity contribution in [1.29, 1.82) is 0 Å². The highest BCUT2D eigenvalue weighted by molar-refractivity contribution is 5.99. The van der Waals surface area contributed by atoms with Gasteiger partial charge in [-0.3, -0.25) is 9.55 Å². The van der Waals surface area contributed by atoms with Crippen LogP contribution in [0.4, 0.5) is 0 Å². The minimum absolute atomic E-state index is 0.00735. The number of hydrogen-bond donors (Lipinski definition) is 1. The molecule has 10 rings (SSSR count). The molecule has 0 unspecified atom stereocenters. The smallest absolute Gasteiger partial charge is 0.149 e. The van der Waals surface area contributed by atoms with Gasteiger partial charge in [-0.15, -0.1) is 0 Å². The average Bonchev–Trinajstić information content (AvgIpc) is 3.77. The largest absolute Gasteiger partial charge is 0.507 e. The summed E-state index contributed by atoms with van der Waals surface area (Å²) in [7, 11) is 0. The predicted molar refractivity (Wildman–Crippen MR) is 306 cm³/mol. The first kappa shape index (κ1) is 48.8. The third-order valence-electron chi connectivity index (χ3n) is 16.3. The van der Waals surface area contributed by atoms with E-state index < -0.39 is 0 Å². The summed E-state index contributed by atoms with van der Waals surface area (Å²) >= 11 is 0. The van der Waals surface area contributed by atoms with Gasteiger partial charge in [0.05, 0.1) is 28.0 Å². The molecule has 2 aromatic heterocycles. The summed E-state index contributed by atoms with van der Waals surface area (Å²) in [5.41, 5.74) is 18.7. The van der Waals surface area contributed by atoms with Crippen molar-refractivity contribution >= 4 is 21.8 Å². The molecule has 4 heteroatoms. The molecule has 0 saturated carbocycles. The monoisotopic (exact) mass is 948 g/mol. The standard InChI is InChI=1S/C68H73N3O/c1-63(2,3)47-28-29-57(51(38-47)41-22-18-17-19-23-41)71-58-27-21-25-50(60(58)70-62(71)52-39-49(65(7,8)9)40-55(61(52)72)66(10,11)12)45-33-46(35-48(34-45)64(4,5)6)56-37-42(30-31-69-56)44-32-43-24-20-26-53-59(43)54(36-44)68(15,16)67(53,13)14/h17-40,72H,1-16H3. The number of hydrogen-bond acceptors (Lipinski definition) is 3. The van der Waals surface area contributed by atoms with Gasteiger partial charge >= 0.3 is 0 Å². The van der Waals surface area contributed by atoms with Gasteiger partial charge in [0.25, 0.3) is 0 Å². The number of fused-ring (bicyclic) bond motifs is 1. The molecular formula is C68H73N3O. The lowest BCUT2D eigenvalue weighted by Gasteiger charge is -2.37. The van der Waals surface area contributed by atoms with Crippen molar-refractivity contribution < 1.29 is 5.11 Å². The molecule has 1 N–H and O–H groups in total. The zero-order valence-corrected chi connectivity index (χ0v) is 45.6. The van der Waals surface area contributed by atoms with Crippen molar-refractivity contribution in [3.05, 3.63) is 179 Å². The van der Waals surface area contributed by atoms with Crippen LogP contribution in [0.15, 0.2) is 146 Å². The van der Waals surface area contributed by atoms with E-state index in [1.807, 2.05) is 6.20 Å². The Morgan fingerprint density at radius 3 is 1.78 bits per heavy atom. The molecule has 72 heavy (non-hydrogen) atoms. The number of nitrogens with zero attached hydrogens (tertiary/aromatic N) is 3. The van der Waals surface area contributed by atoms with E-state index >= 15 is 0 Å². The van der Waals surface area contributed by atoms with Crippen molar-refractivity contribution in [3.63, 3.8) is 0 Å². The maximum Gasteiger partial charge on any atom is 0.149 e. The second-order valence-corrected chi connectivity index (χ2v) is 25.9. The Hall–Kier alpha value is -6.78. The van der Waals surface area contributed by atoms with Crippen LogP contribution in [0.3, 0.4) is 0 Å². The lowest BCUT2D eigenvalue weighted by atomic mass is 9.66. The topological polar surface area (TPSA) is 50.9 Å². The number of benzene rings is 7. The number of aromatic hydroxyl groups is 1. The summed E-state index contributed by atoms with van der Waals surface area (Å²) in [5.74, 6) is 0.961. The molecular weight excluding hydrogens is 875 g/mol. The molecule has 2 heterocycles. The summed E-state index contributed by atoms with van der Waals surface area (Å²) in [6.07, 6.45) is 1.97. The molecule has 366 valence electrons. The molecule has 0 saturated heterocycles. The Balaban J connectivity index is 1.23. The van der Waals surface area contributed by atoms with Gasteiger partial charge in [-0.05, 0) is 154 Å². The predicted octanol–water partition coefficient (Wildman–Crippen LogP) is 18.4. The molecule has 0 bridgehead atoms. The number of phenolic OH excluding ortho intramolecular Hbond substituents is 1. The van der Waals surface area contributed by atoms with Gasteiger partial charge in [0.15, 0.2) is 0 Å². The van der Waals surface area contributed by atoms with Crippen LogP contribution in [-0.4, -0.2) is 19.6 Å². The van der Waals surface area contributed by atoms with Crippen molar-refractivity contribution in [2.24, 2.45) is 0 Å². The Bertz CT molecular complexity index is 3610. The van der Waals surface area contributed by atoms with Crippen LogP contribution in [0.2, 0.25) is 0 Å². The highest BCUT2D eigenvalue weighted by Crippen LogP contribution is 2.55.